The summed E-state index contributed by atoms with van der Waals surface area (Å²) < 4.78 is 14.6. The van der Waals surface area contributed by atoms with Crippen molar-refractivity contribution < 1.29 is 14.0 Å². The lowest BCUT2D eigenvalue weighted by molar-refractivity contribution is 0.0780. The van der Waals surface area contributed by atoms with E-state index in [1.807, 2.05) is 0 Å². The summed E-state index contributed by atoms with van der Waals surface area (Å²) in [6.45, 7) is 3.09. The number of amides is 2. The molecule has 0 aliphatic heterocycles. The molecule has 1 aromatic carbocycles. The predicted octanol–water partition coefficient (Wildman–Crippen LogP) is 3.32. The number of nitrogens with one attached hydrogen (secondary N) is 1. The maximum Gasteiger partial charge on any atom is 0.289 e. The number of carbonyl (C=O) groups excluding carboxylic acids is 2. The Hall–Kier alpha value is -3.22. The summed E-state index contributed by atoms with van der Waals surface area (Å²) in [6, 6.07) is 11.5. The molecule has 0 saturated heterocycles. The van der Waals surface area contributed by atoms with Gasteiger partial charge in [-0.05, 0) is 42.7 Å². The highest BCUT2D eigenvalue weighted by Gasteiger charge is 2.23. The van der Waals surface area contributed by atoms with Gasteiger partial charge in [-0.3, -0.25) is 14.0 Å². The molecule has 0 atom stereocenters. The molecular weight excluding hydrogens is 371 g/mol. The third kappa shape index (κ3) is 4.80. The molecule has 0 spiro atoms. The Morgan fingerprint density at radius 3 is 2.66 bits per heavy atom. The number of hydrogen-bond donors (Lipinski definition) is 1. The molecule has 2 aromatic heterocycles. The molecule has 6 nitrogen and oxygen atoms in total. The van der Waals surface area contributed by atoms with Crippen LogP contribution in [0.15, 0.2) is 48.7 Å². The van der Waals surface area contributed by atoms with Crippen LogP contribution in [0.3, 0.4) is 0 Å². The van der Waals surface area contributed by atoms with Gasteiger partial charge < -0.3 is 10.2 Å². The Bertz CT molecular complexity index is 998. The van der Waals surface area contributed by atoms with Gasteiger partial charge in [0, 0.05) is 26.3 Å². The molecule has 0 unspecified atom stereocenters. The Morgan fingerprint density at radius 1 is 1.17 bits per heavy atom. The molecule has 29 heavy (non-hydrogen) atoms. The normalized spacial score (nSPS) is 10.9. The zero-order valence-corrected chi connectivity index (χ0v) is 16.7. The minimum Gasteiger partial charge on any atom is -0.350 e. The van der Waals surface area contributed by atoms with Crippen molar-refractivity contribution in [2.45, 2.75) is 26.2 Å². The third-order valence-electron chi connectivity index (χ3n) is 4.76. The minimum absolute atomic E-state index is 0.218. The van der Waals surface area contributed by atoms with E-state index in [-0.39, 0.29) is 29.1 Å². The fourth-order valence-corrected chi connectivity index (χ4v) is 3.08. The second kappa shape index (κ2) is 9.32. The van der Waals surface area contributed by atoms with Gasteiger partial charge in [-0.2, -0.15) is 0 Å². The van der Waals surface area contributed by atoms with Crippen LogP contribution in [0.25, 0.3) is 5.52 Å². The maximum absolute atomic E-state index is 13.0. The minimum atomic E-state index is -0.342. The Balaban J connectivity index is 1.75. The molecule has 7 heteroatoms. The molecular formula is C22H25FN4O2. The van der Waals surface area contributed by atoms with Crippen LogP contribution in [0.2, 0.25) is 0 Å². The number of fused-ring (bicyclic) bond motifs is 1. The third-order valence-corrected chi connectivity index (χ3v) is 4.76. The Kier molecular flexibility index (Phi) is 6.59. The van der Waals surface area contributed by atoms with Crippen molar-refractivity contribution in [1.82, 2.24) is 19.6 Å². The van der Waals surface area contributed by atoms with Crippen molar-refractivity contribution in [1.29, 1.82) is 0 Å². The van der Waals surface area contributed by atoms with E-state index in [2.05, 4.69) is 17.2 Å². The average Bonchev–Trinajstić information content (AvgIpc) is 3.12. The number of aromatic nitrogens is 2. The Labute approximate surface area is 169 Å². The van der Waals surface area contributed by atoms with Crippen LogP contribution in [0.1, 0.15) is 46.4 Å². The number of carbonyl (C=O) groups is 2. The van der Waals surface area contributed by atoms with Crippen molar-refractivity contribution in [3.05, 3.63) is 71.6 Å². The quantitative estimate of drug-likeness (QED) is 0.635. The van der Waals surface area contributed by atoms with Gasteiger partial charge in [-0.15, -0.1) is 0 Å². The smallest absolute Gasteiger partial charge is 0.289 e. The summed E-state index contributed by atoms with van der Waals surface area (Å²) in [7, 11) is 1.74. The fraction of sp³-hybridized carbons (Fsp3) is 0.318. The largest absolute Gasteiger partial charge is 0.350 e. The first-order valence-electron chi connectivity index (χ1n) is 9.76. The summed E-state index contributed by atoms with van der Waals surface area (Å²) in [5, 5.41) is 2.84. The van der Waals surface area contributed by atoms with Crippen LogP contribution in [-0.2, 0) is 6.42 Å². The van der Waals surface area contributed by atoms with Gasteiger partial charge in [-0.25, -0.2) is 9.37 Å². The van der Waals surface area contributed by atoms with E-state index in [9.17, 15) is 14.0 Å². The van der Waals surface area contributed by atoms with Crippen LogP contribution in [0, 0.1) is 5.82 Å². The monoisotopic (exact) mass is 396 g/mol. The lowest BCUT2D eigenvalue weighted by Crippen LogP contribution is -2.29. The number of hydrogen-bond acceptors (Lipinski definition) is 3. The van der Waals surface area contributed by atoms with Gasteiger partial charge in [-0.1, -0.05) is 31.5 Å². The van der Waals surface area contributed by atoms with E-state index in [4.69, 9.17) is 0 Å². The molecule has 2 heterocycles. The van der Waals surface area contributed by atoms with Gasteiger partial charge in [0.2, 0.25) is 5.82 Å². The van der Waals surface area contributed by atoms with Crippen molar-refractivity contribution in [2.24, 2.45) is 0 Å². The molecule has 1 N–H and O–H groups in total. The summed E-state index contributed by atoms with van der Waals surface area (Å²) in [5.41, 5.74) is 1.73. The number of benzene rings is 1. The number of imidazole rings is 1. The first-order chi connectivity index (χ1) is 14.0. The summed E-state index contributed by atoms with van der Waals surface area (Å²) in [6.07, 6.45) is 4.20. The van der Waals surface area contributed by atoms with E-state index in [0.29, 0.717) is 25.0 Å². The van der Waals surface area contributed by atoms with Crippen molar-refractivity contribution in [3.63, 3.8) is 0 Å². The molecule has 0 saturated carbocycles. The highest BCUT2D eigenvalue weighted by molar-refractivity contribution is 6.02. The average molecular weight is 396 g/mol. The highest BCUT2D eigenvalue weighted by Crippen LogP contribution is 2.15. The van der Waals surface area contributed by atoms with Crippen molar-refractivity contribution in [3.8, 4) is 0 Å². The predicted molar refractivity (Wildman–Crippen MR) is 109 cm³/mol. The maximum atomic E-state index is 13.0. The Morgan fingerprint density at radius 2 is 1.93 bits per heavy atom. The highest BCUT2D eigenvalue weighted by atomic mass is 19.1. The van der Waals surface area contributed by atoms with Crippen LogP contribution < -0.4 is 5.32 Å². The van der Waals surface area contributed by atoms with Gasteiger partial charge in [0.25, 0.3) is 11.8 Å². The zero-order valence-electron chi connectivity index (χ0n) is 16.7. The number of pyridine rings is 1. The number of rotatable bonds is 8. The molecule has 152 valence electrons. The second-order valence-electron chi connectivity index (χ2n) is 6.95. The molecule has 0 aliphatic carbocycles. The fourth-order valence-electron chi connectivity index (χ4n) is 3.08. The van der Waals surface area contributed by atoms with E-state index in [0.717, 1.165) is 18.4 Å². The van der Waals surface area contributed by atoms with E-state index in [1.165, 1.54) is 12.1 Å². The van der Waals surface area contributed by atoms with Gasteiger partial charge in [0.05, 0.1) is 5.52 Å². The number of nitrogens with zero attached hydrogens (tertiary/aromatic N) is 3. The number of halogens is 1. The lowest BCUT2D eigenvalue weighted by Gasteiger charge is -2.15. The summed E-state index contributed by atoms with van der Waals surface area (Å²) in [5.74, 6) is -0.623. The van der Waals surface area contributed by atoms with E-state index < -0.39 is 0 Å². The first kappa shape index (κ1) is 20.5. The number of unbranched alkanes of at least 4 members (excludes halogenated alkanes) is 1. The van der Waals surface area contributed by atoms with Crippen LogP contribution in [0.5, 0.6) is 0 Å². The van der Waals surface area contributed by atoms with Crippen LogP contribution in [0.4, 0.5) is 4.39 Å². The van der Waals surface area contributed by atoms with Gasteiger partial charge >= 0.3 is 0 Å². The zero-order chi connectivity index (χ0) is 20.8. The van der Waals surface area contributed by atoms with E-state index >= 15 is 0 Å². The van der Waals surface area contributed by atoms with Crippen molar-refractivity contribution in [2.75, 3.05) is 20.1 Å². The molecule has 2 amide bonds. The van der Waals surface area contributed by atoms with Crippen molar-refractivity contribution >= 4 is 17.3 Å². The molecule has 0 radical (unpaired) electrons. The van der Waals surface area contributed by atoms with E-state index in [1.54, 1.807) is 52.9 Å². The molecule has 0 fully saturated rings. The molecule has 3 aromatic rings. The van der Waals surface area contributed by atoms with Crippen LogP contribution in [-0.4, -0.2) is 46.2 Å². The topological polar surface area (TPSA) is 66.7 Å². The van der Waals surface area contributed by atoms with Crippen LogP contribution >= 0.6 is 0 Å². The molecule has 3 rings (SSSR count). The molecule has 0 bridgehead atoms. The molecule has 0 aliphatic rings. The lowest BCUT2D eigenvalue weighted by atomic mass is 10.1. The summed E-state index contributed by atoms with van der Waals surface area (Å²) in [4.78, 5) is 31.5. The second-order valence-corrected chi connectivity index (χ2v) is 6.95. The standard InChI is InChI=1S/C22H25FN4O2/c1-3-4-14-26(2)22(29)20-25-19(18-7-5-6-15-27(18)20)21(28)24-13-12-16-8-10-17(23)11-9-16/h5-11,15H,3-4,12-14H2,1-2H3,(H,24,28). The first-order valence-corrected chi connectivity index (χ1v) is 9.76. The van der Waals surface area contributed by atoms with Gasteiger partial charge in [0.1, 0.15) is 5.82 Å². The van der Waals surface area contributed by atoms with Gasteiger partial charge in [0.15, 0.2) is 5.69 Å². The summed E-state index contributed by atoms with van der Waals surface area (Å²) >= 11 is 0. The SMILES string of the molecule is CCCCN(C)C(=O)c1nc(C(=O)NCCc2ccc(F)cc2)c2ccccn12.